The molecule has 18 heavy (non-hydrogen) atoms. The van der Waals surface area contributed by atoms with Gasteiger partial charge in [-0.2, -0.15) is 0 Å². The number of carbonyl (C=O) groups is 1. The standard InChI is InChI=1S/C14H27N3O/c1-10(2)16-12(14(15)18)9-17-8-7-11-5-3-4-6-13(11)17/h10-13,16H,3-9H2,1-2H3,(H2,15,18). The van der Waals surface area contributed by atoms with E-state index in [-0.39, 0.29) is 11.9 Å². The van der Waals surface area contributed by atoms with Gasteiger partial charge in [-0.3, -0.25) is 9.69 Å². The number of rotatable bonds is 5. The molecule has 1 saturated heterocycles. The van der Waals surface area contributed by atoms with E-state index in [0.29, 0.717) is 12.1 Å². The van der Waals surface area contributed by atoms with Crippen molar-refractivity contribution in [1.82, 2.24) is 10.2 Å². The van der Waals surface area contributed by atoms with E-state index >= 15 is 0 Å². The molecule has 104 valence electrons. The van der Waals surface area contributed by atoms with Crippen LogP contribution in [0.15, 0.2) is 0 Å². The maximum Gasteiger partial charge on any atom is 0.235 e. The predicted octanol–water partition coefficient (Wildman–Crippen LogP) is 1.10. The summed E-state index contributed by atoms with van der Waals surface area (Å²) in [7, 11) is 0. The monoisotopic (exact) mass is 253 g/mol. The first-order valence-electron chi connectivity index (χ1n) is 7.37. The summed E-state index contributed by atoms with van der Waals surface area (Å²) < 4.78 is 0. The minimum absolute atomic E-state index is 0.203. The van der Waals surface area contributed by atoms with Crippen molar-refractivity contribution in [1.29, 1.82) is 0 Å². The van der Waals surface area contributed by atoms with Crippen molar-refractivity contribution in [3.05, 3.63) is 0 Å². The number of primary amides is 1. The first kappa shape index (κ1) is 13.8. The summed E-state index contributed by atoms with van der Waals surface area (Å²) in [6.07, 6.45) is 6.71. The zero-order chi connectivity index (χ0) is 13.1. The third kappa shape index (κ3) is 3.23. The van der Waals surface area contributed by atoms with E-state index in [9.17, 15) is 4.79 Å². The molecule has 1 amide bonds. The molecule has 1 aliphatic heterocycles. The second-order valence-corrected chi connectivity index (χ2v) is 6.17. The van der Waals surface area contributed by atoms with Gasteiger partial charge in [0.2, 0.25) is 5.91 Å². The van der Waals surface area contributed by atoms with Crippen molar-refractivity contribution in [3.8, 4) is 0 Å². The van der Waals surface area contributed by atoms with Gasteiger partial charge in [0, 0.05) is 18.6 Å². The number of nitrogens with two attached hydrogens (primary N) is 1. The Balaban J connectivity index is 1.92. The third-order valence-electron chi connectivity index (χ3n) is 4.42. The summed E-state index contributed by atoms with van der Waals surface area (Å²) in [5, 5.41) is 3.29. The van der Waals surface area contributed by atoms with Crippen LogP contribution in [0, 0.1) is 5.92 Å². The van der Waals surface area contributed by atoms with Gasteiger partial charge < -0.3 is 11.1 Å². The molecule has 4 nitrogen and oxygen atoms in total. The fourth-order valence-electron chi connectivity index (χ4n) is 3.59. The topological polar surface area (TPSA) is 58.4 Å². The number of amides is 1. The van der Waals surface area contributed by atoms with E-state index in [2.05, 4.69) is 24.1 Å². The van der Waals surface area contributed by atoms with Crippen molar-refractivity contribution >= 4 is 5.91 Å². The van der Waals surface area contributed by atoms with Crippen LogP contribution in [0.3, 0.4) is 0 Å². The Hall–Kier alpha value is -0.610. The third-order valence-corrected chi connectivity index (χ3v) is 4.42. The van der Waals surface area contributed by atoms with E-state index in [1.807, 2.05) is 0 Å². The van der Waals surface area contributed by atoms with Gasteiger partial charge in [0.25, 0.3) is 0 Å². The van der Waals surface area contributed by atoms with Crippen LogP contribution >= 0.6 is 0 Å². The highest BCUT2D eigenvalue weighted by molar-refractivity contribution is 5.80. The van der Waals surface area contributed by atoms with Gasteiger partial charge in [0.05, 0.1) is 6.04 Å². The number of carbonyl (C=O) groups excluding carboxylic acids is 1. The molecule has 0 bridgehead atoms. The van der Waals surface area contributed by atoms with E-state index in [4.69, 9.17) is 5.73 Å². The lowest BCUT2D eigenvalue weighted by molar-refractivity contribution is -0.120. The van der Waals surface area contributed by atoms with Crippen LogP contribution in [-0.2, 0) is 4.79 Å². The van der Waals surface area contributed by atoms with E-state index < -0.39 is 0 Å². The Morgan fingerprint density at radius 3 is 2.72 bits per heavy atom. The minimum Gasteiger partial charge on any atom is -0.368 e. The number of hydrogen-bond acceptors (Lipinski definition) is 3. The minimum atomic E-state index is -0.219. The number of likely N-dealkylation sites (tertiary alicyclic amines) is 1. The van der Waals surface area contributed by atoms with Crippen LogP contribution in [0.25, 0.3) is 0 Å². The van der Waals surface area contributed by atoms with Crippen molar-refractivity contribution in [2.75, 3.05) is 13.1 Å². The largest absolute Gasteiger partial charge is 0.368 e. The Morgan fingerprint density at radius 1 is 1.33 bits per heavy atom. The van der Waals surface area contributed by atoms with Gasteiger partial charge in [0.15, 0.2) is 0 Å². The molecule has 4 heteroatoms. The molecule has 3 unspecified atom stereocenters. The lowest BCUT2D eigenvalue weighted by Gasteiger charge is -2.33. The number of fused-ring (bicyclic) bond motifs is 1. The van der Waals surface area contributed by atoms with Gasteiger partial charge in [-0.15, -0.1) is 0 Å². The maximum atomic E-state index is 11.5. The molecular weight excluding hydrogens is 226 g/mol. The highest BCUT2D eigenvalue weighted by atomic mass is 16.1. The number of nitrogens with one attached hydrogen (secondary N) is 1. The van der Waals surface area contributed by atoms with Gasteiger partial charge in [-0.05, 0) is 31.7 Å². The van der Waals surface area contributed by atoms with Crippen molar-refractivity contribution in [2.24, 2.45) is 11.7 Å². The molecule has 1 heterocycles. The average molecular weight is 253 g/mol. The van der Waals surface area contributed by atoms with Crippen LogP contribution in [0.4, 0.5) is 0 Å². The summed E-state index contributed by atoms with van der Waals surface area (Å²) >= 11 is 0. The zero-order valence-corrected chi connectivity index (χ0v) is 11.7. The molecule has 0 aromatic carbocycles. The molecule has 0 aromatic rings. The second kappa shape index (κ2) is 6.02. The maximum absolute atomic E-state index is 11.5. The SMILES string of the molecule is CC(C)NC(CN1CCC2CCCCC21)C(N)=O. The van der Waals surface area contributed by atoms with Gasteiger partial charge in [0.1, 0.15) is 0 Å². The summed E-state index contributed by atoms with van der Waals surface area (Å²) in [5.41, 5.74) is 5.50. The first-order chi connectivity index (χ1) is 8.58. The van der Waals surface area contributed by atoms with Crippen LogP contribution in [-0.4, -0.2) is 42.0 Å². The smallest absolute Gasteiger partial charge is 0.235 e. The number of hydrogen-bond donors (Lipinski definition) is 2. The molecule has 2 rings (SSSR count). The molecule has 1 saturated carbocycles. The van der Waals surface area contributed by atoms with Crippen molar-refractivity contribution < 1.29 is 4.79 Å². The Bertz CT molecular complexity index is 293. The Kier molecular flexibility index (Phi) is 4.62. The molecule has 0 aromatic heterocycles. The summed E-state index contributed by atoms with van der Waals surface area (Å²) in [5.74, 6) is 0.647. The van der Waals surface area contributed by atoms with Gasteiger partial charge >= 0.3 is 0 Å². The molecule has 1 aliphatic carbocycles. The fraction of sp³-hybridized carbons (Fsp3) is 0.929. The molecule has 0 spiro atoms. The normalized spacial score (nSPS) is 30.4. The van der Waals surface area contributed by atoms with Crippen LogP contribution in [0.5, 0.6) is 0 Å². The Labute approximate surface area is 110 Å². The van der Waals surface area contributed by atoms with Crippen molar-refractivity contribution in [2.45, 2.75) is 64.1 Å². The van der Waals surface area contributed by atoms with Gasteiger partial charge in [-0.25, -0.2) is 0 Å². The molecule has 2 fully saturated rings. The van der Waals surface area contributed by atoms with Crippen LogP contribution in [0.2, 0.25) is 0 Å². The summed E-state index contributed by atoms with van der Waals surface area (Å²) in [6, 6.07) is 0.799. The summed E-state index contributed by atoms with van der Waals surface area (Å²) in [4.78, 5) is 14.0. The van der Waals surface area contributed by atoms with Gasteiger partial charge in [-0.1, -0.05) is 26.7 Å². The average Bonchev–Trinajstić information content (AvgIpc) is 2.71. The molecule has 3 atom stereocenters. The van der Waals surface area contributed by atoms with Crippen LogP contribution < -0.4 is 11.1 Å². The first-order valence-corrected chi connectivity index (χ1v) is 7.37. The fourth-order valence-corrected chi connectivity index (χ4v) is 3.59. The molecule has 0 radical (unpaired) electrons. The predicted molar refractivity (Wildman–Crippen MR) is 73.2 cm³/mol. The van der Waals surface area contributed by atoms with Crippen molar-refractivity contribution in [3.63, 3.8) is 0 Å². The number of nitrogens with zero attached hydrogens (tertiary/aromatic N) is 1. The lowest BCUT2D eigenvalue weighted by Crippen LogP contribution is -2.52. The highest BCUT2D eigenvalue weighted by Crippen LogP contribution is 2.35. The van der Waals surface area contributed by atoms with E-state index in [1.54, 1.807) is 0 Å². The van der Waals surface area contributed by atoms with E-state index in [1.165, 1.54) is 32.1 Å². The van der Waals surface area contributed by atoms with E-state index in [0.717, 1.165) is 19.0 Å². The zero-order valence-electron chi connectivity index (χ0n) is 11.7. The molecular formula is C14H27N3O. The lowest BCUT2D eigenvalue weighted by atomic mass is 9.85. The highest BCUT2D eigenvalue weighted by Gasteiger charge is 2.37. The summed E-state index contributed by atoms with van der Waals surface area (Å²) in [6.45, 7) is 6.04. The Morgan fingerprint density at radius 2 is 2.06 bits per heavy atom. The quantitative estimate of drug-likeness (QED) is 0.771. The van der Waals surface area contributed by atoms with Crippen LogP contribution in [0.1, 0.15) is 46.0 Å². The molecule has 3 N–H and O–H groups in total. The second-order valence-electron chi connectivity index (χ2n) is 6.17. The molecule has 2 aliphatic rings.